The fourth-order valence-electron chi connectivity index (χ4n) is 3.97. The van der Waals surface area contributed by atoms with Gasteiger partial charge in [0.15, 0.2) is 11.5 Å². The number of anilines is 1. The molecule has 8 heteroatoms. The molecule has 28 heavy (non-hydrogen) atoms. The lowest BCUT2D eigenvalue weighted by Crippen LogP contribution is -2.38. The van der Waals surface area contributed by atoms with Gasteiger partial charge in [0.2, 0.25) is 12.5 Å². The summed E-state index contributed by atoms with van der Waals surface area (Å²) in [6.07, 6.45) is 0. The first-order valence-corrected chi connectivity index (χ1v) is 9.76. The van der Waals surface area contributed by atoms with E-state index in [4.69, 9.17) is 25.8 Å². The maximum atomic E-state index is 16.6. The van der Waals surface area contributed by atoms with Gasteiger partial charge in [-0.3, -0.25) is 4.79 Å². The number of thiophene rings is 1. The van der Waals surface area contributed by atoms with Gasteiger partial charge in [0.1, 0.15) is 11.5 Å². The van der Waals surface area contributed by atoms with Crippen LogP contribution < -0.4 is 19.1 Å². The van der Waals surface area contributed by atoms with E-state index in [9.17, 15) is 4.79 Å². The van der Waals surface area contributed by atoms with Crippen LogP contribution in [0.1, 0.15) is 16.0 Å². The van der Waals surface area contributed by atoms with E-state index in [2.05, 4.69) is 0 Å². The van der Waals surface area contributed by atoms with Gasteiger partial charge in [-0.2, -0.15) is 0 Å². The third kappa shape index (κ3) is 1.98. The van der Waals surface area contributed by atoms with Crippen molar-refractivity contribution in [1.82, 2.24) is 0 Å². The lowest BCUT2D eigenvalue weighted by atomic mass is 9.86. The zero-order chi connectivity index (χ0) is 19.0. The fraction of sp³-hybridized carbons (Fsp3) is 0.150. The van der Waals surface area contributed by atoms with Gasteiger partial charge in [-0.05, 0) is 30.3 Å². The Labute approximate surface area is 167 Å². The number of amides is 1. The van der Waals surface area contributed by atoms with Gasteiger partial charge in [0.05, 0.1) is 27.7 Å². The van der Waals surface area contributed by atoms with E-state index in [-0.39, 0.29) is 30.2 Å². The smallest absolute Gasteiger partial charge is 0.274 e. The van der Waals surface area contributed by atoms with Crippen LogP contribution in [-0.4, -0.2) is 12.7 Å². The third-order valence-corrected chi connectivity index (χ3v) is 6.40. The first-order chi connectivity index (χ1) is 13.6. The number of ether oxygens (including phenoxy) is 3. The standard InChI is InChI=1S/C20H11ClFNO4S/c21-17-5-4-10(28-17)8-23-12-2-1-3-13-18(12)20(22,19(23)24)11-6-15-16(26-9-25-15)7-14(11)27-13/h1-7H,8-9H2. The van der Waals surface area contributed by atoms with Crippen molar-refractivity contribution in [3.63, 3.8) is 0 Å². The summed E-state index contributed by atoms with van der Waals surface area (Å²) in [6.45, 7) is 0.285. The number of alkyl halides is 1. The van der Waals surface area contributed by atoms with Gasteiger partial charge < -0.3 is 19.1 Å². The number of carbonyl (C=O) groups excluding carboxylic acids is 1. The molecular formula is C20H11ClFNO4S. The highest BCUT2D eigenvalue weighted by atomic mass is 35.5. The normalized spacial score (nSPS) is 20.8. The molecular weight excluding hydrogens is 405 g/mol. The van der Waals surface area contributed by atoms with E-state index >= 15 is 4.39 Å². The Morgan fingerprint density at radius 3 is 2.71 bits per heavy atom. The molecule has 0 saturated carbocycles. The summed E-state index contributed by atoms with van der Waals surface area (Å²) in [6, 6.07) is 11.8. The molecule has 3 aromatic rings. The Morgan fingerprint density at radius 1 is 1.11 bits per heavy atom. The van der Waals surface area contributed by atoms with E-state index in [1.807, 2.05) is 6.07 Å². The quantitative estimate of drug-likeness (QED) is 0.591. The van der Waals surface area contributed by atoms with Crippen LogP contribution in [0, 0.1) is 0 Å². The maximum absolute atomic E-state index is 16.6. The molecule has 1 atom stereocenters. The molecule has 0 fully saturated rings. The Kier molecular flexibility index (Phi) is 3.12. The first-order valence-electron chi connectivity index (χ1n) is 8.56. The highest BCUT2D eigenvalue weighted by Gasteiger charge is 2.58. The van der Waals surface area contributed by atoms with Crippen molar-refractivity contribution in [1.29, 1.82) is 0 Å². The zero-order valence-electron chi connectivity index (χ0n) is 14.2. The van der Waals surface area contributed by atoms with Crippen molar-refractivity contribution in [3.8, 4) is 23.0 Å². The molecule has 0 N–H and O–H groups in total. The molecule has 6 rings (SSSR count). The van der Waals surface area contributed by atoms with Crippen LogP contribution in [0.3, 0.4) is 0 Å². The molecule has 140 valence electrons. The Bertz CT molecular complexity index is 1180. The summed E-state index contributed by atoms with van der Waals surface area (Å²) in [5, 5.41) is 0. The lowest BCUT2D eigenvalue weighted by molar-refractivity contribution is -0.127. The molecule has 0 saturated heterocycles. The molecule has 2 aromatic carbocycles. The molecule has 0 aliphatic carbocycles. The van der Waals surface area contributed by atoms with Crippen LogP contribution in [0.4, 0.5) is 10.1 Å². The molecule has 0 radical (unpaired) electrons. The van der Waals surface area contributed by atoms with E-state index < -0.39 is 11.6 Å². The van der Waals surface area contributed by atoms with Gasteiger partial charge in [0, 0.05) is 10.9 Å². The van der Waals surface area contributed by atoms with E-state index in [0.717, 1.165) is 4.88 Å². The Hall–Kier alpha value is -2.77. The number of fused-ring (bicyclic) bond motifs is 3. The summed E-state index contributed by atoms with van der Waals surface area (Å²) >= 11 is 7.38. The van der Waals surface area contributed by atoms with E-state index in [1.54, 1.807) is 30.3 Å². The summed E-state index contributed by atoms with van der Waals surface area (Å²) in [4.78, 5) is 15.7. The first kappa shape index (κ1) is 16.2. The summed E-state index contributed by atoms with van der Waals surface area (Å²) in [7, 11) is 0. The van der Waals surface area contributed by atoms with Crippen molar-refractivity contribution in [2.75, 3.05) is 11.7 Å². The predicted molar refractivity (Wildman–Crippen MR) is 101 cm³/mol. The third-order valence-electron chi connectivity index (χ3n) is 5.19. The summed E-state index contributed by atoms with van der Waals surface area (Å²) < 4.78 is 33.9. The van der Waals surface area contributed by atoms with Crippen molar-refractivity contribution >= 4 is 34.5 Å². The molecule has 5 nitrogen and oxygen atoms in total. The second kappa shape index (κ2) is 5.40. The van der Waals surface area contributed by atoms with Crippen molar-refractivity contribution in [2.24, 2.45) is 0 Å². The molecule has 3 aliphatic heterocycles. The molecule has 4 heterocycles. The minimum absolute atomic E-state index is 0.0505. The number of carbonyl (C=O) groups is 1. The molecule has 0 bridgehead atoms. The van der Waals surface area contributed by atoms with Gasteiger partial charge in [-0.25, -0.2) is 4.39 Å². The van der Waals surface area contributed by atoms with E-state index in [0.29, 0.717) is 27.3 Å². The molecule has 1 amide bonds. The number of nitrogens with zero attached hydrogens (tertiary/aromatic N) is 1. The van der Waals surface area contributed by atoms with Crippen LogP contribution in [-0.2, 0) is 17.0 Å². The van der Waals surface area contributed by atoms with Crippen molar-refractivity contribution in [2.45, 2.75) is 12.2 Å². The number of benzene rings is 2. The highest BCUT2D eigenvalue weighted by molar-refractivity contribution is 7.16. The Balaban J connectivity index is 1.54. The average Bonchev–Trinajstić information content (AvgIpc) is 3.36. The molecule has 0 spiro atoms. The number of halogens is 2. The number of hydrogen-bond acceptors (Lipinski definition) is 5. The second-order valence-corrected chi connectivity index (χ2v) is 8.51. The van der Waals surface area contributed by atoms with Crippen molar-refractivity contribution < 1.29 is 23.4 Å². The molecule has 1 aromatic heterocycles. The van der Waals surface area contributed by atoms with Crippen LogP contribution in [0.5, 0.6) is 23.0 Å². The van der Waals surface area contributed by atoms with Gasteiger partial charge in [-0.1, -0.05) is 17.7 Å². The van der Waals surface area contributed by atoms with Crippen LogP contribution in [0.2, 0.25) is 4.34 Å². The fourth-order valence-corrected chi connectivity index (χ4v) is 5.05. The predicted octanol–water partition coefficient (Wildman–Crippen LogP) is 5.00. The average molecular weight is 416 g/mol. The number of hydrogen-bond donors (Lipinski definition) is 0. The SMILES string of the molecule is O=C1N(Cc2ccc(Cl)s2)c2cccc3c2C1(F)c1cc2c(cc1O3)OCO2. The number of rotatable bonds is 2. The molecule has 3 aliphatic rings. The van der Waals surface area contributed by atoms with Crippen LogP contribution in [0.25, 0.3) is 0 Å². The van der Waals surface area contributed by atoms with Crippen LogP contribution >= 0.6 is 22.9 Å². The minimum Gasteiger partial charge on any atom is -0.456 e. The maximum Gasteiger partial charge on any atom is 0.274 e. The van der Waals surface area contributed by atoms with Crippen LogP contribution in [0.15, 0.2) is 42.5 Å². The highest BCUT2D eigenvalue weighted by Crippen LogP contribution is 2.59. The minimum atomic E-state index is -2.35. The summed E-state index contributed by atoms with van der Waals surface area (Å²) in [5.74, 6) is 0.800. The van der Waals surface area contributed by atoms with Crippen molar-refractivity contribution in [3.05, 3.63) is 62.8 Å². The molecule has 1 unspecified atom stereocenters. The topological polar surface area (TPSA) is 48.0 Å². The van der Waals surface area contributed by atoms with Gasteiger partial charge >= 0.3 is 0 Å². The van der Waals surface area contributed by atoms with Gasteiger partial charge in [0.25, 0.3) is 5.91 Å². The zero-order valence-corrected chi connectivity index (χ0v) is 15.8. The second-order valence-electron chi connectivity index (χ2n) is 6.71. The largest absolute Gasteiger partial charge is 0.456 e. The summed E-state index contributed by atoms with van der Waals surface area (Å²) in [5.41, 5.74) is -1.48. The van der Waals surface area contributed by atoms with Gasteiger partial charge in [-0.15, -0.1) is 11.3 Å². The monoisotopic (exact) mass is 415 g/mol. The lowest BCUT2D eigenvalue weighted by Gasteiger charge is -2.28. The van der Waals surface area contributed by atoms with E-state index in [1.165, 1.54) is 22.3 Å². The Morgan fingerprint density at radius 2 is 1.93 bits per heavy atom.